The lowest BCUT2D eigenvalue weighted by molar-refractivity contribution is -0.143. The van der Waals surface area contributed by atoms with E-state index in [0.717, 1.165) is 40.9 Å². The third-order valence-corrected chi connectivity index (χ3v) is 5.56. The first kappa shape index (κ1) is 18.5. The van der Waals surface area contributed by atoms with Crippen LogP contribution in [-0.2, 0) is 14.3 Å². The van der Waals surface area contributed by atoms with E-state index in [9.17, 15) is 14.4 Å². The Kier molecular flexibility index (Phi) is 5.66. The summed E-state index contributed by atoms with van der Waals surface area (Å²) in [7, 11) is 1.23. The standard InChI is InChI=1S/C19H22N2O4S/c1-13-10-15(20-8-4-3-5-9-20)7-6-14(13)11-16-18(23)21(19(24)26-16)12-17(22)25-2/h6-7,10-11H,3-5,8-9,12H2,1-2H3. The monoisotopic (exact) mass is 374 g/mol. The van der Waals surface area contributed by atoms with Gasteiger partial charge < -0.3 is 9.64 Å². The molecule has 0 atom stereocenters. The summed E-state index contributed by atoms with van der Waals surface area (Å²) < 4.78 is 4.53. The Bertz CT molecular complexity index is 769. The molecule has 7 heteroatoms. The van der Waals surface area contributed by atoms with Gasteiger partial charge in [-0.25, -0.2) is 0 Å². The highest BCUT2D eigenvalue weighted by Gasteiger charge is 2.36. The van der Waals surface area contributed by atoms with Crippen molar-refractivity contribution in [1.29, 1.82) is 0 Å². The molecule has 2 aliphatic heterocycles. The molecule has 2 fully saturated rings. The van der Waals surface area contributed by atoms with Crippen LogP contribution in [0.1, 0.15) is 30.4 Å². The zero-order valence-corrected chi connectivity index (χ0v) is 15.8. The molecule has 2 aliphatic rings. The van der Waals surface area contributed by atoms with Gasteiger partial charge in [0.25, 0.3) is 11.1 Å². The average Bonchev–Trinajstić information content (AvgIpc) is 2.91. The van der Waals surface area contributed by atoms with Crippen molar-refractivity contribution in [2.24, 2.45) is 0 Å². The number of nitrogens with zero attached hydrogens (tertiary/aromatic N) is 2. The molecule has 2 heterocycles. The number of carbonyl (C=O) groups excluding carboxylic acids is 3. The summed E-state index contributed by atoms with van der Waals surface area (Å²) in [5.41, 5.74) is 3.14. The first-order valence-electron chi connectivity index (χ1n) is 8.67. The molecule has 2 amide bonds. The number of imide groups is 1. The molecular weight excluding hydrogens is 352 g/mol. The van der Waals surface area contributed by atoms with Gasteiger partial charge in [0, 0.05) is 18.8 Å². The van der Waals surface area contributed by atoms with Crippen molar-refractivity contribution in [1.82, 2.24) is 4.90 Å². The minimum Gasteiger partial charge on any atom is -0.468 e. The maximum atomic E-state index is 12.4. The van der Waals surface area contributed by atoms with Gasteiger partial charge in [0.15, 0.2) is 0 Å². The van der Waals surface area contributed by atoms with Crippen molar-refractivity contribution < 1.29 is 19.1 Å². The fourth-order valence-corrected chi connectivity index (χ4v) is 3.97. The predicted molar refractivity (Wildman–Crippen MR) is 102 cm³/mol. The lowest BCUT2D eigenvalue weighted by atomic mass is 10.0. The fraction of sp³-hybridized carbons (Fsp3) is 0.421. The number of hydrogen-bond donors (Lipinski definition) is 0. The number of rotatable bonds is 4. The van der Waals surface area contributed by atoms with E-state index in [1.165, 1.54) is 32.1 Å². The molecule has 0 radical (unpaired) electrons. The molecule has 0 aromatic heterocycles. The smallest absolute Gasteiger partial charge is 0.325 e. The molecule has 6 nitrogen and oxygen atoms in total. The van der Waals surface area contributed by atoms with Crippen LogP contribution in [0.2, 0.25) is 0 Å². The minimum absolute atomic E-state index is 0.327. The Balaban J connectivity index is 1.78. The van der Waals surface area contributed by atoms with Crippen molar-refractivity contribution >= 4 is 40.6 Å². The van der Waals surface area contributed by atoms with Crippen molar-refractivity contribution in [3.05, 3.63) is 34.2 Å². The van der Waals surface area contributed by atoms with Crippen molar-refractivity contribution in [3.63, 3.8) is 0 Å². The van der Waals surface area contributed by atoms with Crippen LogP contribution in [0.4, 0.5) is 10.5 Å². The summed E-state index contributed by atoms with van der Waals surface area (Å²) >= 11 is 0.850. The Hall–Kier alpha value is -2.28. The Morgan fingerprint density at radius 2 is 1.96 bits per heavy atom. The third-order valence-electron chi connectivity index (χ3n) is 4.65. The summed E-state index contributed by atoms with van der Waals surface area (Å²) in [6, 6.07) is 6.16. The number of anilines is 1. The van der Waals surface area contributed by atoms with Crippen LogP contribution in [0.3, 0.4) is 0 Å². The highest BCUT2D eigenvalue weighted by atomic mass is 32.2. The van der Waals surface area contributed by atoms with Crippen LogP contribution in [0, 0.1) is 6.92 Å². The van der Waals surface area contributed by atoms with Crippen LogP contribution in [0.15, 0.2) is 23.1 Å². The number of methoxy groups -OCH3 is 1. The van der Waals surface area contributed by atoms with E-state index in [1.807, 2.05) is 13.0 Å². The quantitative estimate of drug-likeness (QED) is 0.596. The topological polar surface area (TPSA) is 66.9 Å². The van der Waals surface area contributed by atoms with Crippen molar-refractivity contribution in [2.75, 3.05) is 31.6 Å². The van der Waals surface area contributed by atoms with E-state index in [0.29, 0.717) is 4.91 Å². The normalized spacial score (nSPS) is 19.4. The van der Waals surface area contributed by atoms with Crippen molar-refractivity contribution in [2.45, 2.75) is 26.2 Å². The largest absolute Gasteiger partial charge is 0.468 e. The summed E-state index contributed by atoms with van der Waals surface area (Å²) in [6.07, 6.45) is 5.44. The van der Waals surface area contributed by atoms with Gasteiger partial charge in [0.05, 0.1) is 12.0 Å². The second-order valence-electron chi connectivity index (χ2n) is 6.43. The Morgan fingerprint density at radius 1 is 1.23 bits per heavy atom. The summed E-state index contributed by atoms with van der Waals surface area (Å²) in [4.78, 5) is 39.4. The van der Waals surface area contributed by atoms with E-state index in [4.69, 9.17) is 0 Å². The van der Waals surface area contributed by atoms with Gasteiger partial charge in [-0.3, -0.25) is 19.3 Å². The first-order chi connectivity index (χ1) is 12.5. The number of hydrogen-bond acceptors (Lipinski definition) is 6. The molecule has 1 aromatic carbocycles. The average molecular weight is 374 g/mol. The van der Waals surface area contributed by atoms with Crippen molar-refractivity contribution in [3.8, 4) is 0 Å². The van der Waals surface area contributed by atoms with Crippen LogP contribution in [0.5, 0.6) is 0 Å². The van der Waals surface area contributed by atoms with E-state index in [1.54, 1.807) is 6.08 Å². The zero-order valence-electron chi connectivity index (χ0n) is 15.0. The molecule has 0 bridgehead atoms. The number of esters is 1. The molecule has 0 spiro atoms. The minimum atomic E-state index is -0.615. The van der Waals surface area contributed by atoms with Gasteiger partial charge in [-0.2, -0.15) is 0 Å². The Labute approximate surface area is 157 Å². The maximum Gasteiger partial charge on any atom is 0.325 e. The van der Waals surface area contributed by atoms with Gasteiger partial charge in [-0.05, 0) is 67.3 Å². The first-order valence-corrected chi connectivity index (χ1v) is 9.49. The number of piperidine rings is 1. The highest BCUT2D eigenvalue weighted by Crippen LogP contribution is 2.33. The van der Waals surface area contributed by atoms with Gasteiger partial charge in [0.2, 0.25) is 0 Å². The summed E-state index contributed by atoms with van der Waals surface area (Å²) in [5.74, 6) is -1.07. The van der Waals surface area contributed by atoms with Gasteiger partial charge in [-0.15, -0.1) is 0 Å². The lowest BCUT2D eigenvalue weighted by Gasteiger charge is -2.29. The second kappa shape index (κ2) is 7.95. The van der Waals surface area contributed by atoms with E-state index in [-0.39, 0.29) is 6.54 Å². The molecule has 0 aliphatic carbocycles. The number of ether oxygens (including phenoxy) is 1. The van der Waals surface area contributed by atoms with Crippen LogP contribution in [0.25, 0.3) is 6.08 Å². The number of carbonyl (C=O) groups is 3. The summed E-state index contributed by atoms with van der Waals surface area (Å²) in [6.45, 7) is 3.79. The molecule has 1 aromatic rings. The molecule has 138 valence electrons. The third kappa shape index (κ3) is 3.93. The SMILES string of the molecule is COC(=O)CN1C(=O)SC(=Cc2ccc(N3CCCCC3)cc2C)C1=O. The van der Waals surface area contributed by atoms with E-state index < -0.39 is 17.1 Å². The molecule has 2 saturated heterocycles. The van der Waals surface area contributed by atoms with Crippen LogP contribution >= 0.6 is 11.8 Å². The zero-order chi connectivity index (χ0) is 18.7. The number of amides is 2. The lowest BCUT2D eigenvalue weighted by Crippen LogP contribution is -2.34. The fourth-order valence-electron chi connectivity index (χ4n) is 3.14. The second-order valence-corrected chi connectivity index (χ2v) is 7.43. The number of thioether (sulfide) groups is 1. The Morgan fingerprint density at radius 3 is 2.62 bits per heavy atom. The number of aryl methyl sites for hydroxylation is 1. The molecule has 0 N–H and O–H groups in total. The van der Waals surface area contributed by atoms with Gasteiger partial charge in [0.1, 0.15) is 6.54 Å². The number of benzene rings is 1. The maximum absolute atomic E-state index is 12.4. The van der Waals surface area contributed by atoms with Crippen LogP contribution < -0.4 is 4.90 Å². The highest BCUT2D eigenvalue weighted by molar-refractivity contribution is 8.18. The van der Waals surface area contributed by atoms with E-state index >= 15 is 0 Å². The molecule has 0 unspecified atom stereocenters. The molecule has 3 rings (SSSR count). The molecular formula is C19H22N2O4S. The predicted octanol–water partition coefficient (Wildman–Crippen LogP) is 3.19. The summed E-state index contributed by atoms with van der Waals surface area (Å²) in [5, 5.41) is -0.450. The van der Waals surface area contributed by atoms with Crippen LogP contribution in [-0.4, -0.2) is 48.8 Å². The molecule has 26 heavy (non-hydrogen) atoms. The van der Waals surface area contributed by atoms with E-state index in [2.05, 4.69) is 21.8 Å². The molecule has 0 saturated carbocycles. The van der Waals surface area contributed by atoms with Gasteiger partial charge in [-0.1, -0.05) is 6.07 Å². The van der Waals surface area contributed by atoms with Gasteiger partial charge >= 0.3 is 5.97 Å².